The summed E-state index contributed by atoms with van der Waals surface area (Å²) in [6, 6.07) is 6.19. The number of aromatic nitrogens is 2. The number of benzene rings is 1. The summed E-state index contributed by atoms with van der Waals surface area (Å²) in [4.78, 5) is 3.99. The lowest BCUT2D eigenvalue weighted by Crippen LogP contribution is -1.84. The quantitative estimate of drug-likeness (QED) is 0.666. The maximum Gasteiger partial charge on any atom is 0.214 e. The first kappa shape index (κ1) is 7.98. The first-order chi connectivity index (χ1) is 6.25. The van der Waals surface area contributed by atoms with Gasteiger partial charge in [-0.1, -0.05) is 22.3 Å². The van der Waals surface area contributed by atoms with E-state index in [2.05, 4.69) is 34.6 Å². The molecule has 0 N–H and O–H groups in total. The van der Waals surface area contributed by atoms with Crippen molar-refractivity contribution in [1.29, 1.82) is 0 Å². The lowest BCUT2D eigenvalue weighted by atomic mass is 10.1. The molecule has 0 saturated heterocycles. The van der Waals surface area contributed by atoms with E-state index in [0.717, 1.165) is 5.56 Å². The molecule has 0 atom stereocenters. The van der Waals surface area contributed by atoms with E-state index in [1.54, 1.807) is 0 Å². The first-order valence-corrected chi connectivity index (χ1v) is 4.11. The van der Waals surface area contributed by atoms with E-state index in [1.807, 2.05) is 12.1 Å². The van der Waals surface area contributed by atoms with E-state index in [9.17, 15) is 0 Å². The van der Waals surface area contributed by atoms with Gasteiger partial charge in [0.05, 0.1) is 0 Å². The van der Waals surface area contributed by atoms with Crippen molar-refractivity contribution in [2.24, 2.45) is 0 Å². The molecule has 0 bridgehead atoms. The van der Waals surface area contributed by atoms with Crippen molar-refractivity contribution in [1.82, 2.24) is 10.1 Å². The van der Waals surface area contributed by atoms with Gasteiger partial charge in [-0.25, -0.2) is 0 Å². The van der Waals surface area contributed by atoms with E-state index in [-0.39, 0.29) is 0 Å². The van der Waals surface area contributed by atoms with Gasteiger partial charge in [0.2, 0.25) is 12.2 Å². The molecule has 2 aromatic rings. The van der Waals surface area contributed by atoms with E-state index < -0.39 is 0 Å². The fourth-order valence-corrected chi connectivity index (χ4v) is 1.40. The van der Waals surface area contributed by atoms with Crippen LogP contribution >= 0.6 is 0 Å². The summed E-state index contributed by atoms with van der Waals surface area (Å²) in [7, 11) is 0. The Morgan fingerprint density at radius 3 is 2.31 bits per heavy atom. The molecule has 2 rings (SSSR count). The fourth-order valence-electron chi connectivity index (χ4n) is 1.40. The van der Waals surface area contributed by atoms with Crippen LogP contribution in [0, 0.1) is 13.8 Å². The molecule has 3 heteroatoms. The average Bonchev–Trinajstić information content (AvgIpc) is 2.53. The van der Waals surface area contributed by atoms with Crippen LogP contribution in [0.25, 0.3) is 11.4 Å². The molecule has 1 aromatic carbocycles. The highest BCUT2D eigenvalue weighted by Crippen LogP contribution is 2.17. The van der Waals surface area contributed by atoms with Crippen LogP contribution in [0.2, 0.25) is 0 Å². The summed E-state index contributed by atoms with van der Waals surface area (Å²) in [5, 5.41) is 3.78. The van der Waals surface area contributed by atoms with Crippen LogP contribution in [0.15, 0.2) is 29.1 Å². The van der Waals surface area contributed by atoms with Gasteiger partial charge in [-0.05, 0) is 26.0 Å². The number of hydrogen-bond acceptors (Lipinski definition) is 3. The van der Waals surface area contributed by atoms with Crippen LogP contribution in [-0.2, 0) is 0 Å². The van der Waals surface area contributed by atoms with Crippen molar-refractivity contribution in [2.45, 2.75) is 13.8 Å². The third-order valence-corrected chi connectivity index (χ3v) is 1.84. The van der Waals surface area contributed by atoms with Gasteiger partial charge in [-0.15, -0.1) is 0 Å². The molecule has 13 heavy (non-hydrogen) atoms. The molecule has 0 saturated carbocycles. The molecule has 66 valence electrons. The normalized spacial score (nSPS) is 10.3. The molecule has 1 heterocycles. The molecular formula is C10H10N2O. The minimum atomic E-state index is 0.645. The smallest absolute Gasteiger partial charge is 0.214 e. The Balaban J connectivity index is 2.53. The summed E-state index contributed by atoms with van der Waals surface area (Å²) in [6.07, 6.45) is 1.34. The second kappa shape index (κ2) is 3.01. The van der Waals surface area contributed by atoms with Crippen molar-refractivity contribution in [3.63, 3.8) is 0 Å². The fraction of sp³-hybridized carbons (Fsp3) is 0.200. The summed E-state index contributed by atoms with van der Waals surface area (Å²) in [5.74, 6) is 0.645. The van der Waals surface area contributed by atoms with E-state index in [1.165, 1.54) is 17.5 Å². The Hall–Kier alpha value is -1.64. The molecule has 0 aliphatic heterocycles. The Morgan fingerprint density at radius 1 is 1.08 bits per heavy atom. The van der Waals surface area contributed by atoms with Gasteiger partial charge in [-0.2, -0.15) is 4.98 Å². The van der Waals surface area contributed by atoms with Gasteiger partial charge in [-0.3, -0.25) is 0 Å². The summed E-state index contributed by atoms with van der Waals surface area (Å²) in [6.45, 7) is 4.10. The highest BCUT2D eigenvalue weighted by atomic mass is 16.5. The van der Waals surface area contributed by atoms with Gasteiger partial charge in [0.15, 0.2) is 0 Å². The van der Waals surface area contributed by atoms with Crippen LogP contribution < -0.4 is 0 Å². The molecule has 0 spiro atoms. The number of aryl methyl sites for hydroxylation is 2. The topological polar surface area (TPSA) is 38.9 Å². The van der Waals surface area contributed by atoms with Crippen molar-refractivity contribution in [3.05, 3.63) is 35.7 Å². The predicted molar refractivity (Wildman–Crippen MR) is 49.2 cm³/mol. The van der Waals surface area contributed by atoms with Crippen LogP contribution in [0.5, 0.6) is 0 Å². The van der Waals surface area contributed by atoms with Crippen LogP contribution in [-0.4, -0.2) is 10.1 Å². The van der Waals surface area contributed by atoms with Gasteiger partial charge in [0.1, 0.15) is 0 Å². The summed E-state index contributed by atoms with van der Waals surface area (Å²) in [5.41, 5.74) is 3.42. The second-order valence-corrected chi connectivity index (χ2v) is 3.13. The van der Waals surface area contributed by atoms with Gasteiger partial charge in [0.25, 0.3) is 0 Å². The van der Waals surface area contributed by atoms with E-state index in [4.69, 9.17) is 0 Å². The molecule has 3 nitrogen and oxygen atoms in total. The lowest BCUT2D eigenvalue weighted by molar-refractivity contribution is 0.419. The van der Waals surface area contributed by atoms with Crippen molar-refractivity contribution in [2.75, 3.05) is 0 Å². The summed E-state index contributed by atoms with van der Waals surface area (Å²) >= 11 is 0. The van der Waals surface area contributed by atoms with Crippen molar-refractivity contribution in [3.8, 4) is 11.4 Å². The highest BCUT2D eigenvalue weighted by Gasteiger charge is 2.03. The zero-order valence-corrected chi connectivity index (χ0v) is 7.61. The van der Waals surface area contributed by atoms with E-state index in [0.29, 0.717) is 5.82 Å². The SMILES string of the molecule is Cc1cc(C)cc(-c2ncon2)c1. The molecule has 0 amide bonds. The minimum absolute atomic E-state index is 0.645. The molecular weight excluding hydrogens is 164 g/mol. The monoisotopic (exact) mass is 174 g/mol. The third kappa shape index (κ3) is 1.59. The van der Waals surface area contributed by atoms with Crippen LogP contribution in [0.1, 0.15) is 11.1 Å². The minimum Gasteiger partial charge on any atom is -0.342 e. The molecule has 0 fully saturated rings. The van der Waals surface area contributed by atoms with Crippen molar-refractivity contribution >= 4 is 0 Å². The maximum atomic E-state index is 4.69. The molecule has 0 unspecified atom stereocenters. The highest BCUT2D eigenvalue weighted by molar-refractivity contribution is 5.56. The molecule has 0 radical (unpaired) electrons. The zero-order chi connectivity index (χ0) is 9.26. The predicted octanol–water partition coefficient (Wildman–Crippen LogP) is 2.35. The number of rotatable bonds is 1. The van der Waals surface area contributed by atoms with Gasteiger partial charge >= 0.3 is 0 Å². The Bertz CT molecular complexity index is 387. The van der Waals surface area contributed by atoms with Crippen LogP contribution in [0.4, 0.5) is 0 Å². The molecule has 0 aliphatic carbocycles. The summed E-state index contributed by atoms with van der Waals surface area (Å²) < 4.78 is 4.69. The second-order valence-electron chi connectivity index (χ2n) is 3.13. The first-order valence-electron chi connectivity index (χ1n) is 4.11. The Labute approximate surface area is 76.4 Å². The Kier molecular flexibility index (Phi) is 1.85. The average molecular weight is 174 g/mol. The van der Waals surface area contributed by atoms with Gasteiger partial charge < -0.3 is 4.52 Å². The largest absolute Gasteiger partial charge is 0.342 e. The molecule has 1 aromatic heterocycles. The standard InChI is InChI=1S/C10H10N2O/c1-7-3-8(2)5-9(4-7)10-11-6-13-12-10/h3-6H,1-2H3. The maximum absolute atomic E-state index is 4.69. The van der Waals surface area contributed by atoms with Gasteiger partial charge in [0, 0.05) is 5.56 Å². The van der Waals surface area contributed by atoms with E-state index >= 15 is 0 Å². The number of nitrogens with zero attached hydrogens (tertiary/aromatic N) is 2. The Morgan fingerprint density at radius 2 is 1.77 bits per heavy atom. The third-order valence-electron chi connectivity index (χ3n) is 1.84. The zero-order valence-electron chi connectivity index (χ0n) is 7.61. The van der Waals surface area contributed by atoms with Crippen LogP contribution in [0.3, 0.4) is 0 Å². The number of hydrogen-bond donors (Lipinski definition) is 0. The molecule has 0 aliphatic rings. The lowest BCUT2D eigenvalue weighted by Gasteiger charge is -1.99. The van der Waals surface area contributed by atoms with Crippen molar-refractivity contribution < 1.29 is 4.52 Å².